The molecule has 2 aliphatic rings. The Balaban J connectivity index is 1.78. The molecule has 1 amide bonds. The maximum atomic E-state index is 11.7. The molecular formula is C12H21NO2. The summed E-state index contributed by atoms with van der Waals surface area (Å²) >= 11 is 0. The predicted molar refractivity (Wildman–Crippen MR) is 58.4 cm³/mol. The predicted octanol–water partition coefficient (Wildman–Crippen LogP) is 1.60. The number of carbonyl (C=O) groups is 1. The zero-order valence-corrected chi connectivity index (χ0v) is 9.24. The standard InChI is InChI=1S/C12H21NO2/c14-11(9-5-1-2-6-9)12(15)13-10-7-3-4-8-10/h9-11,14H,1-8H2,(H,13,15). The first-order valence-corrected chi connectivity index (χ1v) is 6.26. The molecule has 0 spiro atoms. The number of nitrogens with one attached hydrogen (secondary N) is 1. The molecule has 0 saturated heterocycles. The number of aliphatic hydroxyl groups excluding tert-OH is 1. The van der Waals surface area contributed by atoms with Crippen molar-refractivity contribution in [3.63, 3.8) is 0 Å². The smallest absolute Gasteiger partial charge is 0.249 e. The molecule has 0 bridgehead atoms. The van der Waals surface area contributed by atoms with Gasteiger partial charge in [0.25, 0.3) is 0 Å². The lowest BCUT2D eigenvalue weighted by atomic mass is 10.00. The molecule has 0 heterocycles. The van der Waals surface area contributed by atoms with Crippen LogP contribution < -0.4 is 5.32 Å². The van der Waals surface area contributed by atoms with Crippen LogP contribution in [0.4, 0.5) is 0 Å². The van der Waals surface area contributed by atoms with Gasteiger partial charge in [0.1, 0.15) is 6.10 Å². The highest BCUT2D eigenvalue weighted by Gasteiger charge is 2.30. The summed E-state index contributed by atoms with van der Waals surface area (Å²) in [6.07, 6.45) is 8.20. The maximum absolute atomic E-state index is 11.7. The second-order valence-electron chi connectivity index (χ2n) is 4.98. The molecule has 1 atom stereocenters. The maximum Gasteiger partial charge on any atom is 0.249 e. The lowest BCUT2D eigenvalue weighted by molar-refractivity contribution is -0.132. The Morgan fingerprint density at radius 3 is 2.20 bits per heavy atom. The summed E-state index contributed by atoms with van der Waals surface area (Å²) in [7, 11) is 0. The summed E-state index contributed by atoms with van der Waals surface area (Å²) in [5.74, 6) is 0.0835. The molecular weight excluding hydrogens is 190 g/mol. The van der Waals surface area contributed by atoms with Gasteiger partial charge in [-0.05, 0) is 31.6 Å². The van der Waals surface area contributed by atoms with Crippen molar-refractivity contribution in [3.05, 3.63) is 0 Å². The zero-order chi connectivity index (χ0) is 10.7. The highest BCUT2D eigenvalue weighted by Crippen LogP contribution is 2.28. The minimum atomic E-state index is -0.756. The molecule has 15 heavy (non-hydrogen) atoms. The Morgan fingerprint density at radius 1 is 1.07 bits per heavy atom. The van der Waals surface area contributed by atoms with E-state index >= 15 is 0 Å². The van der Waals surface area contributed by atoms with Gasteiger partial charge in [-0.2, -0.15) is 0 Å². The fraction of sp³-hybridized carbons (Fsp3) is 0.917. The fourth-order valence-electron chi connectivity index (χ4n) is 2.84. The third kappa shape index (κ3) is 2.71. The molecule has 0 aromatic heterocycles. The summed E-state index contributed by atoms with van der Waals surface area (Å²) < 4.78 is 0. The van der Waals surface area contributed by atoms with Crippen LogP contribution in [-0.2, 0) is 4.79 Å². The number of rotatable bonds is 3. The summed E-state index contributed by atoms with van der Waals surface area (Å²) in [6.45, 7) is 0. The van der Waals surface area contributed by atoms with E-state index in [0.717, 1.165) is 25.7 Å². The SMILES string of the molecule is O=C(NC1CCCC1)C(O)C1CCCC1. The van der Waals surface area contributed by atoms with E-state index < -0.39 is 6.10 Å². The van der Waals surface area contributed by atoms with Gasteiger partial charge in [-0.3, -0.25) is 4.79 Å². The molecule has 0 aliphatic heterocycles. The van der Waals surface area contributed by atoms with Gasteiger partial charge in [0.05, 0.1) is 0 Å². The average Bonchev–Trinajstić information content (AvgIpc) is 2.88. The van der Waals surface area contributed by atoms with E-state index in [2.05, 4.69) is 5.32 Å². The Morgan fingerprint density at radius 2 is 1.60 bits per heavy atom. The highest BCUT2D eigenvalue weighted by molar-refractivity contribution is 5.81. The molecule has 2 aliphatic carbocycles. The third-order valence-corrected chi connectivity index (χ3v) is 3.82. The summed E-state index contributed by atoms with van der Waals surface area (Å²) in [5.41, 5.74) is 0. The molecule has 0 aromatic rings. The van der Waals surface area contributed by atoms with Crippen LogP contribution in [0, 0.1) is 5.92 Å². The molecule has 3 nitrogen and oxygen atoms in total. The van der Waals surface area contributed by atoms with E-state index in [1.807, 2.05) is 0 Å². The first kappa shape index (κ1) is 10.9. The molecule has 2 N–H and O–H groups in total. The van der Waals surface area contributed by atoms with Crippen LogP contribution in [0.25, 0.3) is 0 Å². The quantitative estimate of drug-likeness (QED) is 0.745. The Kier molecular flexibility index (Phi) is 3.62. The second kappa shape index (κ2) is 4.97. The van der Waals surface area contributed by atoms with Crippen LogP contribution >= 0.6 is 0 Å². The first-order chi connectivity index (χ1) is 7.27. The van der Waals surface area contributed by atoms with E-state index in [1.165, 1.54) is 25.7 Å². The van der Waals surface area contributed by atoms with Crippen LogP contribution in [0.1, 0.15) is 51.4 Å². The van der Waals surface area contributed by atoms with Crippen LogP contribution in [0.5, 0.6) is 0 Å². The van der Waals surface area contributed by atoms with Crippen molar-refractivity contribution in [2.75, 3.05) is 0 Å². The lowest BCUT2D eigenvalue weighted by Gasteiger charge is -2.19. The summed E-state index contributed by atoms with van der Waals surface area (Å²) in [4.78, 5) is 11.7. The van der Waals surface area contributed by atoms with Crippen molar-refractivity contribution in [2.24, 2.45) is 5.92 Å². The number of carbonyl (C=O) groups excluding carboxylic acids is 1. The van der Waals surface area contributed by atoms with Crippen molar-refractivity contribution in [1.82, 2.24) is 5.32 Å². The molecule has 0 aromatic carbocycles. The molecule has 0 radical (unpaired) electrons. The molecule has 3 heteroatoms. The van der Waals surface area contributed by atoms with Gasteiger partial charge in [0.2, 0.25) is 5.91 Å². The van der Waals surface area contributed by atoms with Gasteiger partial charge in [-0.1, -0.05) is 25.7 Å². The Hall–Kier alpha value is -0.570. The van der Waals surface area contributed by atoms with Crippen molar-refractivity contribution in [3.8, 4) is 0 Å². The van der Waals surface area contributed by atoms with Crippen molar-refractivity contribution in [2.45, 2.75) is 63.5 Å². The number of hydrogen-bond acceptors (Lipinski definition) is 2. The van der Waals surface area contributed by atoms with Crippen molar-refractivity contribution < 1.29 is 9.90 Å². The highest BCUT2D eigenvalue weighted by atomic mass is 16.3. The van der Waals surface area contributed by atoms with Gasteiger partial charge >= 0.3 is 0 Å². The topological polar surface area (TPSA) is 49.3 Å². The van der Waals surface area contributed by atoms with E-state index in [1.54, 1.807) is 0 Å². The van der Waals surface area contributed by atoms with Crippen molar-refractivity contribution in [1.29, 1.82) is 0 Å². The second-order valence-corrected chi connectivity index (χ2v) is 4.98. The van der Waals surface area contributed by atoms with Gasteiger partial charge in [0.15, 0.2) is 0 Å². The number of amides is 1. The van der Waals surface area contributed by atoms with Crippen molar-refractivity contribution >= 4 is 5.91 Å². The largest absolute Gasteiger partial charge is 0.383 e. The average molecular weight is 211 g/mol. The third-order valence-electron chi connectivity index (χ3n) is 3.82. The van der Waals surface area contributed by atoms with Gasteiger partial charge in [-0.25, -0.2) is 0 Å². The van der Waals surface area contributed by atoms with E-state index in [9.17, 15) is 9.90 Å². The summed E-state index contributed by atoms with van der Waals surface area (Å²) in [5, 5.41) is 12.8. The monoisotopic (exact) mass is 211 g/mol. The number of hydrogen-bond donors (Lipinski definition) is 2. The molecule has 2 fully saturated rings. The fourth-order valence-corrected chi connectivity index (χ4v) is 2.84. The normalized spacial score (nSPS) is 25.7. The van der Waals surface area contributed by atoms with Gasteiger partial charge in [-0.15, -0.1) is 0 Å². The van der Waals surface area contributed by atoms with E-state index in [4.69, 9.17) is 0 Å². The van der Waals surface area contributed by atoms with Gasteiger partial charge in [0, 0.05) is 6.04 Å². The van der Waals surface area contributed by atoms with E-state index in [-0.39, 0.29) is 11.8 Å². The minimum Gasteiger partial charge on any atom is -0.383 e. The Labute approximate surface area is 91.2 Å². The van der Waals surface area contributed by atoms with Gasteiger partial charge < -0.3 is 10.4 Å². The van der Waals surface area contributed by atoms with Crippen LogP contribution in [-0.4, -0.2) is 23.2 Å². The number of aliphatic hydroxyl groups is 1. The molecule has 2 saturated carbocycles. The lowest BCUT2D eigenvalue weighted by Crippen LogP contribution is -2.42. The summed E-state index contributed by atoms with van der Waals surface area (Å²) in [6, 6.07) is 0.327. The van der Waals surface area contributed by atoms with E-state index in [0.29, 0.717) is 6.04 Å². The van der Waals surface area contributed by atoms with Crippen LogP contribution in [0.3, 0.4) is 0 Å². The Bertz CT molecular complexity index is 218. The van der Waals surface area contributed by atoms with Crippen LogP contribution in [0.15, 0.2) is 0 Å². The molecule has 1 unspecified atom stereocenters. The first-order valence-electron chi connectivity index (χ1n) is 6.26. The molecule has 2 rings (SSSR count). The zero-order valence-electron chi connectivity index (χ0n) is 9.24. The minimum absolute atomic E-state index is 0.131. The molecule has 86 valence electrons. The van der Waals surface area contributed by atoms with Crippen LogP contribution in [0.2, 0.25) is 0 Å².